The Morgan fingerprint density at radius 1 is 1.24 bits per heavy atom. The molecule has 4 heterocycles. The number of imidazole rings is 1. The van der Waals surface area contributed by atoms with Crippen LogP contribution < -0.4 is 14.8 Å². The van der Waals surface area contributed by atoms with Crippen LogP contribution >= 0.6 is 0 Å². The molecule has 0 aliphatic carbocycles. The average Bonchev–Trinajstić information content (AvgIpc) is 3.22. The van der Waals surface area contributed by atoms with Gasteiger partial charge in [0, 0.05) is 17.7 Å². The summed E-state index contributed by atoms with van der Waals surface area (Å²) in [5.74, 6) is 1.72. The standard InChI is InChI=1S/C23H26F3N5O2/c1-30-9-7-15(8-10-30)13-27-21-18-6-3-11-32-20(18)22-28-14-19(31(22)29-21)16-4-2-5-17(12-16)33-23(24,25)26/h2,4-5,12,14-15H,3,6-11,13H2,1H3,(H,27,29). The number of benzene rings is 1. The van der Waals surface area contributed by atoms with Crippen molar-refractivity contribution >= 4 is 11.5 Å². The molecule has 0 spiro atoms. The number of aromatic nitrogens is 3. The van der Waals surface area contributed by atoms with Gasteiger partial charge in [-0.1, -0.05) is 12.1 Å². The van der Waals surface area contributed by atoms with Gasteiger partial charge in [0.05, 0.1) is 18.5 Å². The second kappa shape index (κ2) is 8.74. The zero-order chi connectivity index (χ0) is 23.0. The molecule has 0 bridgehead atoms. The molecule has 1 saturated heterocycles. The molecule has 0 unspecified atom stereocenters. The molecule has 0 atom stereocenters. The second-order valence-corrected chi connectivity index (χ2v) is 8.69. The lowest BCUT2D eigenvalue weighted by atomic mass is 9.97. The lowest BCUT2D eigenvalue weighted by Crippen LogP contribution is -2.33. The first-order valence-electron chi connectivity index (χ1n) is 11.2. The minimum absolute atomic E-state index is 0.287. The molecule has 1 N–H and O–H groups in total. The number of nitrogens with zero attached hydrogens (tertiary/aromatic N) is 4. The van der Waals surface area contributed by atoms with Crippen molar-refractivity contribution in [2.24, 2.45) is 5.92 Å². The number of halogens is 3. The van der Waals surface area contributed by atoms with Crippen LogP contribution in [0.2, 0.25) is 0 Å². The molecule has 176 valence electrons. The zero-order valence-corrected chi connectivity index (χ0v) is 18.4. The number of likely N-dealkylation sites (tertiary alicyclic amines) is 1. The summed E-state index contributed by atoms with van der Waals surface area (Å²) < 4.78 is 49.8. The Labute approximate surface area is 189 Å². The molecular formula is C23H26F3N5O2. The van der Waals surface area contributed by atoms with E-state index in [1.54, 1.807) is 16.8 Å². The number of fused-ring (bicyclic) bond motifs is 3. The highest BCUT2D eigenvalue weighted by Crippen LogP contribution is 2.36. The van der Waals surface area contributed by atoms with Crippen molar-refractivity contribution in [3.8, 4) is 22.8 Å². The summed E-state index contributed by atoms with van der Waals surface area (Å²) in [6.45, 7) is 3.58. The van der Waals surface area contributed by atoms with E-state index in [4.69, 9.17) is 9.84 Å². The Bertz CT molecular complexity index is 1140. The van der Waals surface area contributed by atoms with Gasteiger partial charge in [0.1, 0.15) is 5.75 Å². The molecule has 33 heavy (non-hydrogen) atoms. The smallest absolute Gasteiger partial charge is 0.489 e. The average molecular weight is 461 g/mol. The lowest BCUT2D eigenvalue weighted by Gasteiger charge is -2.29. The normalized spacial score (nSPS) is 17.6. The molecule has 1 aromatic carbocycles. The number of hydrogen-bond donors (Lipinski definition) is 1. The van der Waals surface area contributed by atoms with E-state index in [1.807, 2.05) is 0 Å². The van der Waals surface area contributed by atoms with Crippen molar-refractivity contribution in [1.82, 2.24) is 19.5 Å². The predicted octanol–water partition coefficient (Wildman–Crippen LogP) is 4.37. The minimum Gasteiger partial charge on any atom is -0.489 e. The third-order valence-electron chi connectivity index (χ3n) is 6.28. The monoisotopic (exact) mass is 461 g/mol. The number of anilines is 1. The van der Waals surface area contributed by atoms with Crippen molar-refractivity contribution in [3.05, 3.63) is 36.0 Å². The van der Waals surface area contributed by atoms with E-state index in [1.165, 1.54) is 18.2 Å². The van der Waals surface area contributed by atoms with Gasteiger partial charge in [-0.05, 0) is 63.9 Å². The first-order chi connectivity index (χ1) is 15.9. The van der Waals surface area contributed by atoms with Gasteiger partial charge in [0.25, 0.3) is 0 Å². The molecule has 2 aromatic heterocycles. The molecular weight excluding hydrogens is 435 g/mol. The number of nitrogens with one attached hydrogen (secondary N) is 1. The SMILES string of the molecule is CN1CCC(CNc2nn3c(-c4cccc(OC(F)(F)F)c4)cnc3c3c2CCCO3)CC1. The van der Waals surface area contributed by atoms with Crippen LogP contribution in [-0.2, 0) is 6.42 Å². The fourth-order valence-electron chi connectivity index (χ4n) is 4.51. The molecule has 10 heteroatoms. The van der Waals surface area contributed by atoms with Crippen LogP contribution in [0.5, 0.6) is 11.5 Å². The quantitative estimate of drug-likeness (QED) is 0.609. The van der Waals surface area contributed by atoms with E-state index in [-0.39, 0.29) is 5.75 Å². The molecule has 1 fully saturated rings. The van der Waals surface area contributed by atoms with Crippen molar-refractivity contribution in [2.75, 3.05) is 38.6 Å². The topological polar surface area (TPSA) is 63.9 Å². The van der Waals surface area contributed by atoms with E-state index in [2.05, 4.69) is 27.0 Å². The van der Waals surface area contributed by atoms with Gasteiger partial charge in [0.15, 0.2) is 17.2 Å². The second-order valence-electron chi connectivity index (χ2n) is 8.69. The Balaban J connectivity index is 1.49. The lowest BCUT2D eigenvalue weighted by molar-refractivity contribution is -0.274. The highest BCUT2D eigenvalue weighted by molar-refractivity contribution is 5.71. The Morgan fingerprint density at radius 3 is 2.85 bits per heavy atom. The summed E-state index contributed by atoms with van der Waals surface area (Å²) in [5.41, 5.74) is 2.66. The third-order valence-corrected chi connectivity index (χ3v) is 6.28. The molecule has 0 amide bonds. The van der Waals surface area contributed by atoms with Crippen LogP contribution in [0.25, 0.3) is 16.9 Å². The van der Waals surface area contributed by atoms with Crippen molar-refractivity contribution < 1.29 is 22.6 Å². The van der Waals surface area contributed by atoms with E-state index < -0.39 is 6.36 Å². The molecule has 3 aromatic rings. The fourth-order valence-corrected chi connectivity index (χ4v) is 4.51. The van der Waals surface area contributed by atoms with Gasteiger partial charge in [0.2, 0.25) is 0 Å². The van der Waals surface area contributed by atoms with E-state index in [0.717, 1.165) is 56.7 Å². The van der Waals surface area contributed by atoms with Gasteiger partial charge in [-0.3, -0.25) is 0 Å². The number of piperidine rings is 1. The maximum absolute atomic E-state index is 12.7. The first kappa shape index (κ1) is 21.8. The molecule has 5 rings (SSSR count). The molecule has 0 radical (unpaired) electrons. The van der Waals surface area contributed by atoms with Crippen LogP contribution in [0, 0.1) is 5.92 Å². The summed E-state index contributed by atoms with van der Waals surface area (Å²) in [7, 11) is 2.14. The predicted molar refractivity (Wildman–Crippen MR) is 118 cm³/mol. The number of hydrogen-bond acceptors (Lipinski definition) is 6. The Morgan fingerprint density at radius 2 is 2.06 bits per heavy atom. The first-order valence-corrected chi connectivity index (χ1v) is 11.2. The van der Waals surface area contributed by atoms with Crippen LogP contribution in [0.15, 0.2) is 30.5 Å². The number of ether oxygens (including phenoxy) is 2. The summed E-state index contributed by atoms with van der Waals surface area (Å²) in [6.07, 6.45) is 0.853. The summed E-state index contributed by atoms with van der Waals surface area (Å²) in [4.78, 5) is 6.83. The molecule has 0 saturated carbocycles. The molecule has 2 aliphatic rings. The van der Waals surface area contributed by atoms with Gasteiger partial charge in [-0.25, -0.2) is 9.50 Å². The fraction of sp³-hybridized carbons (Fsp3) is 0.478. The molecule has 7 nitrogen and oxygen atoms in total. The maximum atomic E-state index is 12.7. The van der Waals surface area contributed by atoms with Crippen LogP contribution in [0.4, 0.5) is 19.0 Å². The van der Waals surface area contributed by atoms with Gasteiger partial charge in [-0.15, -0.1) is 18.3 Å². The van der Waals surface area contributed by atoms with Gasteiger partial charge in [-0.2, -0.15) is 0 Å². The highest BCUT2D eigenvalue weighted by Gasteiger charge is 2.31. The number of alkyl halides is 3. The van der Waals surface area contributed by atoms with Crippen molar-refractivity contribution in [2.45, 2.75) is 32.0 Å². The van der Waals surface area contributed by atoms with E-state index in [9.17, 15) is 13.2 Å². The highest BCUT2D eigenvalue weighted by atomic mass is 19.4. The van der Waals surface area contributed by atoms with Crippen molar-refractivity contribution in [1.29, 1.82) is 0 Å². The van der Waals surface area contributed by atoms with E-state index in [0.29, 0.717) is 35.2 Å². The summed E-state index contributed by atoms with van der Waals surface area (Å²) in [6, 6.07) is 5.84. The van der Waals surface area contributed by atoms with Crippen molar-refractivity contribution in [3.63, 3.8) is 0 Å². The van der Waals surface area contributed by atoms with Gasteiger partial charge >= 0.3 is 6.36 Å². The largest absolute Gasteiger partial charge is 0.573 e. The Hall–Kier alpha value is -3.01. The van der Waals surface area contributed by atoms with E-state index >= 15 is 0 Å². The van der Waals surface area contributed by atoms with Crippen LogP contribution in [0.3, 0.4) is 0 Å². The van der Waals surface area contributed by atoms with Gasteiger partial charge < -0.3 is 19.7 Å². The van der Waals surface area contributed by atoms with Crippen LogP contribution in [0.1, 0.15) is 24.8 Å². The molecule has 2 aliphatic heterocycles. The third kappa shape index (κ3) is 4.71. The zero-order valence-electron chi connectivity index (χ0n) is 18.4. The number of rotatable bonds is 5. The Kier molecular flexibility index (Phi) is 5.77. The maximum Gasteiger partial charge on any atom is 0.573 e. The summed E-state index contributed by atoms with van der Waals surface area (Å²) in [5, 5.41) is 8.35. The summed E-state index contributed by atoms with van der Waals surface area (Å²) >= 11 is 0. The minimum atomic E-state index is -4.76. The van der Waals surface area contributed by atoms with Crippen LogP contribution in [-0.4, -0.2) is 59.1 Å².